The number of nitrogens with one attached hydrogen (secondary N) is 1. The topological polar surface area (TPSA) is 29.1 Å². The minimum atomic E-state index is -0.326. The SMILES string of the molecule is CSc1ccc(NC(=O)C(c2ccccc2)c2ccccc2)cc1. The fraction of sp³-hybridized carbons (Fsp3) is 0.0952. The molecule has 0 aliphatic heterocycles. The van der Waals surface area contributed by atoms with Crippen molar-refractivity contribution in [1.29, 1.82) is 0 Å². The number of amides is 1. The molecule has 0 saturated heterocycles. The Labute approximate surface area is 146 Å². The Hall–Kier alpha value is -2.52. The highest BCUT2D eigenvalue weighted by Crippen LogP contribution is 2.26. The molecule has 0 heterocycles. The first-order valence-electron chi connectivity index (χ1n) is 7.83. The zero-order valence-corrected chi connectivity index (χ0v) is 14.3. The summed E-state index contributed by atoms with van der Waals surface area (Å²) in [6, 6.07) is 27.7. The molecule has 0 unspecified atom stereocenters. The molecule has 3 aromatic rings. The third kappa shape index (κ3) is 3.87. The fourth-order valence-electron chi connectivity index (χ4n) is 2.67. The predicted octanol–water partition coefficient (Wildman–Crippen LogP) is 5.18. The molecule has 0 fully saturated rings. The van der Waals surface area contributed by atoms with Crippen LogP contribution in [0.1, 0.15) is 17.0 Å². The van der Waals surface area contributed by atoms with Gasteiger partial charge in [0.25, 0.3) is 0 Å². The largest absolute Gasteiger partial charge is 0.325 e. The number of benzene rings is 3. The molecule has 3 heteroatoms. The van der Waals surface area contributed by atoms with Crippen LogP contribution in [-0.2, 0) is 4.79 Å². The summed E-state index contributed by atoms with van der Waals surface area (Å²) in [6.07, 6.45) is 2.04. The third-order valence-corrected chi connectivity index (χ3v) is 4.63. The van der Waals surface area contributed by atoms with Crippen LogP contribution in [0.25, 0.3) is 0 Å². The van der Waals surface area contributed by atoms with E-state index >= 15 is 0 Å². The molecule has 0 aliphatic carbocycles. The van der Waals surface area contributed by atoms with E-state index in [4.69, 9.17) is 0 Å². The van der Waals surface area contributed by atoms with Crippen LogP contribution in [0.15, 0.2) is 89.8 Å². The van der Waals surface area contributed by atoms with Crippen molar-refractivity contribution < 1.29 is 4.79 Å². The van der Waals surface area contributed by atoms with E-state index in [9.17, 15) is 4.79 Å². The number of hydrogen-bond acceptors (Lipinski definition) is 2. The van der Waals surface area contributed by atoms with Crippen LogP contribution in [0.5, 0.6) is 0 Å². The van der Waals surface area contributed by atoms with Crippen molar-refractivity contribution in [2.24, 2.45) is 0 Å². The standard InChI is InChI=1S/C21H19NOS/c1-24-19-14-12-18(13-15-19)22-21(23)20(16-8-4-2-5-9-16)17-10-6-3-7-11-17/h2-15,20H,1H3,(H,22,23). The number of thioether (sulfide) groups is 1. The minimum absolute atomic E-state index is 0.0238. The van der Waals surface area contributed by atoms with Gasteiger partial charge in [0.05, 0.1) is 5.92 Å². The number of carbonyl (C=O) groups is 1. The second kappa shape index (κ2) is 7.84. The Morgan fingerprint density at radius 2 is 1.29 bits per heavy atom. The third-order valence-electron chi connectivity index (χ3n) is 3.89. The summed E-state index contributed by atoms with van der Waals surface area (Å²) in [6.45, 7) is 0. The van der Waals surface area contributed by atoms with Crippen molar-refractivity contribution in [3.63, 3.8) is 0 Å². The molecule has 2 nitrogen and oxygen atoms in total. The summed E-state index contributed by atoms with van der Waals surface area (Å²) in [4.78, 5) is 14.1. The van der Waals surface area contributed by atoms with Gasteiger partial charge in [0.1, 0.15) is 0 Å². The molecule has 3 rings (SSSR count). The van der Waals surface area contributed by atoms with Crippen LogP contribution in [0.4, 0.5) is 5.69 Å². The van der Waals surface area contributed by atoms with Crippen molar-refractivity contribution in [3.05, 3.63) is 96.1 Å². The Morgan fingerprint density at radius 1 is 0.792 bits per heavy atom. The van der Waals surface area contributed by atoms with Crippen molar-refractivity contribution in [1.82, 2.24) is 0 Å². The molecule has 0 aromatic heterocycles. The van der Waals surface area contributed by atoms with E-state index in [2.05, 4.69) is 5.32 Å². The van der Waals surface area contributed by atoms with E-state index in [1.165, 1.54) is 4.90 Å². The van der Waals surface area contributed by atoms with E-state index in [0.717, 1.165) is 16.8 Å². The molecule has 0 atom stereocenters. The molecule has 0 radical (unpaired) electrons. The highest BCUT2D eigenvalue weighted by Gasteiger charge is 2.22. The Morgan fingerprint density at radius 3 is 1.75 bits per heavy atom. The molecule has 0 saturated carbocycles. The zero-order chi connectivity index (χ0) is 16.8. The Bertz CT molecular complexity index is 746. The molecule has 1 N–H and O–H groups in total. The van der Waals surface area contributed by atoms with E-state index in [-0.39, 0.29) is 11.8 Å². The molecule has 1 amide bonds. The molecule has 3 aromatic carbocycles. The van der Waals surface area contributed by atoms with Gasteiger partial charge in [-0.25, -0.2) is 0 Å². The average molecular weight is 333 g/mol. The average Bonchev–Trinajstić information content (AvgIpc) is 2.64. The summed E-state index contributed by atoms with van der Waals surface area (Å²) < 4.78 is 0. The minimum Gasteiger partial charge on any atom is -0.325 e. The van der Waals surface area contributed by atoms with Crippen LogP contribution in [0, 0.1) is 0 Å². The van der Waals surface area contributed by atoms with Crippen LogP contribution in [0.2, 0.25) is 0 Å². The maximum atomic E-state index is 13.0. The van der Waals surface area contributed by atoms with Gasteiger partial charge in [0.2, 0.25) is 5.91 Å². The molecule has 24 heavy (non-hydrogen) atoms. The van der Waals surface area contributed by atoms with Crippen LogP contribution >= 0.6 is 11.8 Å². The quantitative estimate of drug-likeness (QED) is 0.652. The van der Waals surface area contributed by atoms with Gasteiger partial charge in [-0.05, 0) is 41.6 Å². The lowest BCUT2D eigenvalue weighted by Gasteiger charge is -2.18. The first kappa shape index (κ1) is 16.3. The number of rotatable bonds is 5. The van der Waals surface area contributed by atoms with E-state index in [1.54, 1.807) is 11.8 Å². The van der Waals surface area contributed by atoms with Crippen LogP contribution in [0.3, 0.4) is 0 Å². The second-order valence-electron chi connectivity index (χ2n) is 5.47. The smallest absolute Gasteiger partial charge is 0.236 e. The van der Waals surface area contributed by atoms with Gasteiger partial charge in [-0.15, -0.1) is 11.8 Å². The molecular formula is C21H19NOS. The molecule has 120 valence electrons. The van der Waals surface area contributed by atoms with E-state index in [0.29, 0.717) is 0 Å². The predicted molar refractivity (Wildman–Crippen MR) is 102 cm³/mol. The maximum Gasteiger partial charge on any atom is 0.236 e. The Balaban J connectivity index is 1.89. The van der Waals surface area contributed by atoms with Crippen molar-refractivity contribution in [3.8, 4) is 0 Å². The first-order chi connectivity index (χ1) is 11.8. The maximum absolute atomic E-state index is 13.0. The van der Waals surface area contributed by atoms with Gasteiger partial charge in [-0.1, -0.05) is 60.7 Å². The normalized spacial score (nSPS) is 10.6. The summed E-state index contributed by atoms with van der Waals surface area (Å²) in [5.41, 5.74) is 2.79. The zero-order valence-electron chi connectivity index (χ0n) is 13.5. The number of anilines is 1. The fourth-order valence-corrected chi connectivity index (χ4v) is 3.08. The van der Waals surface area contributed by atoms with Gasteiger partial charge in [-0.2, -0.15) is 0 Å². The van der Waals surface area contributed by atoms with Crippen molar-refractivity contribution in [2.45, 2.75) is 10.8 Å². The monoisotopic (exact) mass is 333 g/mol. The van der Waals surface area contributed by atoms with Gasteiger partial charge in [0.15, 0.2) is 0 Å². The Kier molecular flexibility index (Phi) is 5.34. The second-order valence-corrected chi connectivity index (χ2v) is 6.35. The summed E-state index contributed by atoms with van der Waals surface area (Å²) in [5.74, 6) is -0.350. The molecule has 0 spiro atoms. The highest BCUT2D eigenvalue weighted by atomic mass is 32.2. The summed E-state index contributed by atoms with van der Waals surface area (Å²) >= 11 is 1.68. The lowest BCUT2D eigenvalue weighted by molar-refractivity contribution is -0.116. The summed E-state index contributed by atoms with van der Waals surface area (Å²) in [7, 11) is 0. The van der Waals surface area contributed by atoms with E-state index < -0.39 is 0 Å². The number of hydrogen-bond donors (Lipinski definition) is 1. The van der Waals surface area contributed by atoms with Crippen molar-refractivity contribution >= 4 is 23.4 Å². The lowest BCUT2D eigenvalue weighted by atomic mass is 9.90. The highest BCUT2D eigenvalue weighted by molar-refractivity contribution is 7.98. The van der Waals surface area contributed by atoms with Gasteiger partial charge >= 0.3 is 0 Å². The van der Waals surface area contributed by atoms with Gasteiger partial charge in [0, 0.05) is 10.6 Å². The van der Waals surface area contributed by atoms with Crippen LogP contribution in [-0.4, -0.2) is 12.2 Å². The molecular weight excluding hydrogens is 314 g/mol. The van der Waals surface area contributed by atoms with Crippen LogP contribution < -0.4 is 5.32 Å². The van der Waals surface area contributed by atoms with Crippen molar-refractivity contribution in [2.75, 3.05) is 11.6 Å². The lowest BCUT2D eigenvalue weighted by Crippen LogP contribution is -2.22. The van der Waals surface area contributed by atoms with E-state index in [1.807, 2.05) is 91.2 Å². The molecule has 0 bridgehead atoms. The van der Waals surface area contributed by atoms with Gasteiger partial charge in [-0.3, -0.25) is 4.79 Å². The number of carbonyl (C=O) groups excluding carboxylic acids is 1. The first-order valence-corrected chi connectivity index (χ1v) is 9.05. The van der Waals surface area contributed by atoms with Gasteiger partial charge < -0.3 is 5.32 Å². The summed E-state index contributed by atoms with van der Waals surface area (Å²) in [5, 5.41) is 3.04. The molecule has 0 aliphatic rings.